The van der Waals surface area contributed by atoms with Crippen molar-refractivity contribution in [1.82, 2.24) is 30.0 Å². The van der Waals surface area contributed by atoms with Crippen LogP contribution in [-0.4, -0.2) is 68.7 Å². The van der Waals surface area contributed by atoms with Crippen molar-refractivity contribution in [3.63, 3.8) is 0 Å². The lowest BCUT2D eigenvalue weighted by molar-refractivity contribution is -0.125. The van der Waals surface area contributed by atoms with E-state index in [-0.39, 0.29) is 29.7 Å². The second-order valence-electron chi connectivity index (χ2n) is 8.46. The van der Waals surface area contributed by atoms with Crippen LogP contribution in [0.2, 0.25) is 0 Å². The highest BCUT2D eigenvalue weighted by Crippen LogP contribution is 2.33. The number of hydrogen-bond donors (Lipinski definition) is 1. The molecule has 0 saturated carbocycles. The van der Waals surface area contributed by atoms with Crippen molar-refractivity contribution in [2.75, 3.05) is 31.1 Å². The van der Waals surface area contributed by atoms with Crippen LogP contribution in [-0.2, 0) is 11.8 Å². The maximum absolute atomic E-state index is 13.0. The van der Waals surface area contributed by atoms with E-state index in [0.717, 1.165) is 31.6 Å². The van der Waals surface area contributed by atoms with Gasteiger partial charge >= 0.3 is 0 Å². The first kappa shape index (κ1) is 20.3. The summed E-state index contributed by atoms with van der Waals surface area (Å²) in [6, 6.07) is 1.91. The van der Waals surface area contributed by atoms with Crippen LogP contribution in [0.4, 0.5) is 5.95 Å². The zero-order valence-corrected chi connectivity index (χ0v) is 17.8. The summed E-state index contributed by atoms with van der Waals surface area (Å²) in [5, 5.41) is 7.11. The van der Waals surface area contributed by atoms with Crippen LogP contribution in [0, 0.1) is 5.92 Å². The molecule has 9 heteroatoms. The third kappa shape index (κ3) is 4.15. The molecule has 9 nitrogen and oxygen atoms in total. The van der Waals surface area contributed by atoms with Gasteiger partial charge in [0.2, 0.25) is 11.9 Å². The number of nitrogens with zero attached hydrogens (tertiary/aromatic N) is 6. The van der Waals surface area contributed by atoms with E-state index in [1.807, 2.05) is 19.9 Å². The first-order valence-electron chi connectivity index (χ1n) is 10.6. The first-order chi connectivity index (χ1) is 14.4. The molecule has 1 N–H and O–H groups in total. The van der Waals surface area contributed by atoms with Crippen molar-refractivity contribution in [2.45, 2.75) is 38.6 Å². The first-order valence-corrected chi connectivity index (χ1v) is 10.6. The van der Waals surface area contributed by atoms with Gasteiger partial charge in [0, 0.05) is 57.6 Å². The highest BCUT2D eigenvalue weighted by molar-refractivity contribution is 5.94. The van der Waals surface area contributed by atoms with E-state index in [1.54, 1.807) is 35.2 Å². The molecular formula is C21H29N7O2. The topological polar surface area (TPSA) is 96.2 Å². The molecule has 0 aromatic carbocycles. The molecule has 2 fully saturated rings. The molecule has 0 radical (unpaired) electrons. The Labute approximate surface area is 176 Å². The number of carbonyl (C=O) groups is 2. The van der Waals surface area contributed by atoms with Crippen molar-refractivity contribution in [1.29, 1.82) is 0 Å². The van der Waals surface area contributed by atoms with Gasteiger partial charge in [0.15, 0.2) is 0 Å². The van der Waals surface area contributed by atoms with Gasteiger partial charge in [0.1, 0.15) is 0 Å². The standard InChI is InChI=1S/C21H29N7O2/c1-14(2)24-19(29)17-13-28(20(30)15-10-23-26(3)11-15)12-16(17)18-6-7-22-21(25-18)27-8-4-5-9-27/h6-7,10-11,14,16-17H,4-5,8-9,12-13H2,1-3H3,(H,24,29)/t16-,17-/m0/s1. The third-order valence-corrected chi connectivity index (χ3v) is 5.76. The number of aromatic nitrogens is 4. The predicted molar refractivity (Wildman–Crippen MR) is 112 cm³/mol. The maximum atomic E-state index is 13.0. The van der Waals surface area contributed by atoms with E-state index in [1.165, 1.54) is 0 Å². The smallest absolute Gasteiger partial charge is 0.257 e. The molecule has 0 unspecified atom stereocenters. The summed E-state index contributed by atoms with van der Waals surface area (Å²) in [6.07, 6.45) is 7.32. The molecule has 2 aliphatic rings. The Bertz CT molecular complexity index is 920. The lowest BCUT2D eigenvalue weighted by Crippen LogP contribution is -2.39. The summed E-state index contributed by atoms with van der Waals surface area (Å²) in [4.78, 5) is 39.1. The summed E-state index contributed by atoms with van der Waals surface area (Å²) in [7, 11) is 1.78. The van der Waals surface area contributed by atoms with E-state index in [9.17, 15) is 9.59 Å². The minimum Gasteiger partial charge on any atom is -0.354 e. The van der Waals surface area contributed by atoms with Crippen molar-refractivity contribution < 1.29 is 9.59 Å². The SMILES string of the molecule is CC(C)NC(=O)[C@H]1CN(C(=O)c2cnn(C)c2)C[C@@H]1c1ccnc(N2CCCC2)n1. The van der Waals surface area contributed by atoms with E-state index < -0.39 is 0 Å². The number of nitrogens with one attached hydrogen (secondary N) is 1. The maximum Gasteiger partial charge on any atom is 0.257 e. The predicted octanol–water partition coefficient (Wildman–Crippen LogP) is 1.19. The lowest BCUT2D eigenvalue weighted by Gasteiger charge is -2.21. The van der Waals surface area contributed by atoms with Gasteiger partial charge in [-0.15, -0.1) is 0 Å². The average molecular weight is 412 g/mol. The zero-order chi connectivity index (χ0) is 21.3. The van der Waals surface area contributed by atoms with Crippen LogP contribution in [0.5, 0.6) is 0 Å². The fourth-order valence-electron chi connectivity index (χ4n) is 4.28. The van der Waals surface area contributed by atoms with Crippen LogP contribution < -0.4 is 10.2 Å². The highest BCUT2D eigenvalue weighted by atomic mass is 16.2. The number of likely N-dealkylation sites (tertiary alicyclic amines) is 1. The molecule has 4 rings (SSSR count). The van der Waals surface area contributed by atoms with Gasteiger partial charge in [-0.05, 0) is 32.8 Å². The second-order valence-corrected chi connectivity index (χ2v) is 8.46. The number of hydrogen-bond acceptors (Lipinski definition) is 6. The molecule has 2 aliphatic heterocycles. The summed E-state index contributed by atoms with van der Waals surface area (Å²) in [5.41, 5.74) is 1.35. The molecule has 2 saturated heterocycles. The molecule has 2 amide bonds. The molecule has 0 aliphatic carbocycles. The highest BCUT2D eigenvalue weighted by Gasteiger charge is 2.42. The number of aryl methyl sites for hydroxylation is 1. The van der Waals surface area contributed by atoms with Crippen LogP contribution in [0.25, 0.3) is 0 Å². The average Bonchev–Trinajstić information content (AvgIpc) is 3.47. The quantitative estimate of drug-likeness (QED) is 0.794. The molecule has 2 aromatic heterocycles. The zero-order valence-electron chi connectivity index (χ0n) is 17.8. The van der Waals surface area contributed by atoms with Crippen LogP contribution in [0.3, 0.4) is 0 Å². The second kappa shape index (κ2) is 8.41. The van der Waals surface area contributed by atoms with E-state index >= 15 is 0 Å². The Kier molecular flexibility index (Phi) is 5.69. The normalized spacial score (nSPS) is 21.5. The van der Waals surface area contributed by atoms with Crippen molar-refractivity contribution in [2.24, 2.45) is 13.0 Å². The fourth-order valence-corrected chi connectivity index (χ4v) is 4.28. The number of carbonyl (C=O) groups excluding carboxylic acids is 2. The number of rotatable bonds is 5. The lowest BCUT2D eigenvalue weighted by atomic mass is 9.91. The summed E-state index contributed by atoms with van der Waals surface area (Å²) in [6.45, 7) is 6.60. The van der Waals surface area contributed by atoms with Gasteiger partial charge in [-0.25, -0.2) is 9.97 Å². The van der Waals surface area contributed by atoms with Gasteiger partial charge in [0.05, 0.1) is 23.4 Å². The number of anilines is 1. The molecule has 2 atom stereocenters. The Morgan fingerprint density at radius 3 is 2.63 bits per heavy atom. The van der Waals surface area contributed by atoms with E-state index in [0.29, 0.717) is 24.6 Å². The molecule has 0 spiro atoms. The molecule has 2 aromatic rings. The van der Waals surface area contributed by atoms with Gasteiger partial charge in [0.25, 0.3) is 5.91 Å². The van der Waals surface area contributed by atoms with E-state index in [2.05, 4.69) is 20.3 Å². The third-order valence-electron chi connectivity index (χ3n) is 5.76. The summed E-state index contributed by atoms with van der Waals surface area (Å²) >= 11 is 0. The largest absolute Gasteiger partial charge is 0.354 e. The number of amides is 2. The van der Waals surface area contributed by atoms with Crippen molar-refractivity contribution in [3.8, 4) is 0 Å². The van der Waals surface area contributed by atoms with Crippen molar-refractivity contribution in [3.05, 3.63) is 35.9 Å². The van der Waals surface area contributed by atoms with Crippen LogP contribution in [0.15, 0.2) is 24.7 Å². The molecular weight excluding hydrogens is 382 g/mol. The van der Waals surface area contributed by atoms with Gasteiger partial charge in [-0.3, -0.25) is 14.3 Å². The van der Waals surface area contributed by atoms with Crippen LogP contribution in [0.1, 0.15) is 48.7 Å². The Balaban J connectivity index is 1.60. The molecule has 0 bridgehead atoms. The molecule has 160 valence electrons. The molecule has 30 heavy (non-hydrogen) atoms. The Hall–Kier alpha value is -2.97. The Morgan fingerprint density at radius 1 is 1.20 bits per heavy atom. The van der Waals surface area contributed by atoms with E-state index in [4.69, 9.17) is 4.98 Å². The van der Waals surface area contributed by atoms with Crippen molar-refractivity contribution >= 4 is 17.8 Å². The minimum absolute atomic E-state index is 0.0341. The minimum atomic E-state index is -0.352. The Morgan fingerprint density at radius 2 is 1.97 bits per heavy atom. The fraction of sp³-hybridized carbons (Fsp3) is 0.571. The van der Waals surface area contributed by atoms with Gasteiger partial charge < -0.3 is 15.1 Å². The van der Waals surface area contributed by atoms with Gasteiger partial charge in [-0.2, -0.15) is 5.10 Å². The molecule has 4 heterocycles. The van der Waals surface area contributed by atoms with Gasteiger partial charge in [-0.1, -0.05) is 0 Å². The monoisotopic (exact) mass is 411 g/mol. The summed E-state index contributed by atoms with van der Waals surface area (Å²) < 4.78 is 1.61. The van der Waals surface area contributed by atoms with Crippen LogP contribution >= 0.6 is 0 Å². The summed E-state index contributed by atoms with van der Waals surface area (Å²) in [5.74, 6) is 0.0349.